The van der Waals surface area contributed by atoms with E-state index in [1.54, 1.807) is 0 Å². The first-order valence-corrected chi connectivity index (χ1v) is 17.2. The minimum absolute atomic E-state index is 0.00457. The summed E-state index contributed by atoms with van der Waals surface area (Å²) in [6, 6.07) is 7.92. The van der Waals surface area contributed by atoms with Gasteiger partial charge in [0.05, 0.1) is 47.5 Å². The molecule has 0 aliphatic rings. The Labute approximate surface area is 245 Å². The van der Waals surface area contributed by atoms with Gasteiger partial charge in [-0.2, -0.15) is 0 Å². The van der Waals surface area contributed by atoms with Crippen LogP contribution in [0.25, 0.3) is 0 Å². The second kappa shape index (κ2) is 21.5. The van der Waals surface area contributed by atoms with E-state index in [1.807, 2.05) is 31.2 Å². The third-order valence-corrected chi connectivity index (χ3v) is 8.06. The molecule has 1 rings (SSSR count). The summed E-state index contributed by atoms with van der Waals surface area (Å²) < 4.78 is 29.6. The molecular formula is C32H59NO6P+. The highest BCUT2D eigenvalue weighted by Crippen LogP contribution is 2.44. The predicted octanol–water partition coefficient (Wildman–Crippen LogP) is 8.13. The Morgan fingerprint density at radius 1 is 0.825 bits per heavy atom. The van der Waals surface area contributed by atoms with E-state index in [1.165, 1.54) is 57.8 Å². The van der Waals surface area contributed by atoms with Crippen molar-refractivity contribution in [1.29, 1.82) is 0 Å². The standard InChI is InChI=1S/C32H58NO6P/c1-6-8-9-10-11-12-13-14-15-17-24-37-32-21-19-29(20-22-32)26-30(27-31(34)7-2)28-39-40(35,36)38-25-18-16-23-33(3,4)5/h19-22,30H,6-18,23-28H2,1-5H3/p+1. The summed E-state index contributed by atoms with van der Waals surface area (Å²) in [7, 11) is 2.17. The number of phosphoric ester groups is 1. The van der Waals surface area contributed by atoms with Crippen LogP contribution in [0, 0.1) is 5.92 Å². The number of hydrogen-bond donors (Lipinski definition) is 1. The first kappa shape index (κ1) is 36.8. The number of nitrogens with zero attached hydrogens (tertiary/aromatic N) is 1. The van der Waals surface area contributed by atoms with Gasteiger partial charge in [-0.15, -0.1) is 0 Å². The summed E-state index contributed by atoms with van der Waals surface area (Å²) in [5.74, 6) is 0.753. The van der Waals surface area contributed by atoms with Crippen LogP contribution < -0.4 is 4.74 Å². The van der Waals surface area contributed by atoms with Crippen molar-refractivity contribution in [3.05, 3.63) is 29.8 Å². The van der Waals surface area contributed by atoms with Crippen LogP contribution in [0.2, 0.25) is 0 Å². The third-order valence-electron chi connectivity index (χ3n) is 7.08. The highest BCUT2D eigenvalue weighted by Gasteiger charge is 2.24. The van der Waals surface area contributed by atoms with E-state index in [2.05, 4.69) is 28.1 Å². The lowest BCUT2D eigenvalue weighted by Crippen LogP contribution is -2.35. The van der Waals surface area contributed by atoms with Crippen molar-refractivity contribution in [3.8, 4) is 5.75 Å². The molecule has 0 fully saturated rings. The van der Waals surface area contributed by atoms with E-state index in [4.69, 9.17) is 13.8 Å². The maximum atomic E-state index is 12.4. The van der Waals surface area contributed by atoms with Crippen molar-refractivity contribution < 1.29 is 32.5 Å². The first-order valence-electron chi connectivity index (χ1n) is 15.7. The average Bonchev–Trinajstić information content (AvgIpc) is 2.90. The summed E-state index contributed by atoms with van der Waals surface area (Å²) in [5.41, 5.74) is 1.04. The van der Waals surface area contributed by atoms with Crippen LogP contribution in [0.5, 0.6) is 5.75 Å². The summed E-state index contributed by atoms with van der Waals surface area (Å²) in [4.78, 5) is 22.3. The summed E-state index contributed by atoms with van der Waals surface area (Å²) >= 11 is 0. The first-order chi connectivity index (χ1) is 19.0. The fourth-order valence-electron chi connectivity index (χ4n) is 4.60. The number of carbonyl (C=O) groups excluding carboxylic acids is 1. The molecule has 1 aromatic rings. The Balaban J connectivity index is 2.38. The molecule has 1 N–H and O–H groups in total. The van der Waals surface area contributed by atoms with Crippen molar-refractivity contribution in [1.82, 2.24) is 0 Å². The van der Waals surface area contributed by atoms with Gasteiger partial charge in [-0.05, 0) is 49.3 Å². The maximum absolute atomic E-state index is 12.4. The number of Topliss-reactive ketones (excluding diaryl/α,β-unsaturated/α-hetero) is 1. The van der Waals surface area contributed by atoms with Crippen molar-refractivity contribution in [2.45, 2.75) is 110 Å². The topological polar surface area (TPSA) is 82.1 Å². The fraction of sp³-hybridized carbons (Fsp3) is 0.781. The number of unbranched alkanes of at least 4 members (excludes halogenated alkanes) is 10. The molecule has 0 aliphatic heterocycles. The molecule has 0 saturated heterocycles. The number of phosphoric acid groups is 1. The van der Waals surface area contributed by atoms with Gasteiger partial charge in [-0.1, -0.05) is 83.8 Å². The molecule has 232 valence electrons. The van der Waals surface area contributed by atoms with Crippen LogP contribution in [-0.2, 0) is 24.8 Å². The second-order valence-corrected chi connectivity index (χ2v) is 13.6. The van der Waals surface area contributed by atoms with Crippen molar-refractivity contribution in [2.75, 3.05) is 47.5 Å². The zero-order valence-corrected chi connectivity index (χ0v) is 27.1. The number of ketones is 1. The monoisotopic (exact) mass is 584 g/mol. The largest absolute Gasteiger partial charge is 0.494 e. The van der Waals surface area contributed by atoms with Gasteiger partial charge in [0.1, 0.15) is 11.5 Å². The van der Waals surface area contributed by atoms with E-state index in [9.17, 15) is 14.3 Å². The van der Waals surface area contributed by atoms with E-state index < -0.39 is 7.82 Å². The van der Waals surface area contributed by atoms with Gasteiger partial charge >= 0.3 is 7.82 Å². The molecular weight excluding hydrogens is 525 g/mol. The van der Waals surface area contributed by atoms with E-state index in [0.717, 1.165) is 41.8 Å². The van der Waals surface area contributed by atoms with Gasteiger partial charge in [-0.25, -0.2) is 4.57 Å². The van der Waals surface area contributed by atoms with Crippen LogP contribution in [-0.4, -0.2) is 62.7 Å². The number of benzene rings is 1. The Hall–Kier alpha value is -1.24. The zero-order chi connectivity index (χ0) is 29.7. The molecule has 0 amide bonds. The molecule has 7 nitrogen and oxygen atoms in total. The molecule has 40 heavy (non-hydrogen) atoms. The summed E-state index contributed by atoms with van der Waals surface area (Å²) in [6.07, 6.45) is 15.9. The zero-order valence-electron chi connectivity index (χ0n) is 26.2. The van der Waals surface area contributed by atoms with Gasteiger partial charge in [0.25, 0.3) is 0 Å². The molecule has 0 heterocycles. The molecule has 8 heteroatoms. The van der Waals surface area contributed by atoms with Gasteiger partial charge < -0.3 is 14.1 Å². The number of ether oxygens (including phenoxy) is 1. The van der Waals surface area contributed by atoms with Crippen LogP contribution >= 0.6 is 7.82 Å². The lowest BCUT2D eigenvalue weighted by Gasteiger charge is -2.23. The normalized spacial score (nSPS) is 14.2. The van der Waals surface area contributed by atoms with E-state index in [0.29, 0.717) is 25.7 Å². The van der Waals surface area contributed by atoms with E-state index in [-0.39, 0.29) is 24.9 Å². The Morgan fingerprint density at radius 2 is 1.40 bits per heavy atom. The Morgan fingerprint density at radius 3 is 1.98 bits per heavy atom. The predicted molar refractivity (Wildman–Crippen MR) is 165 cm³/mol. The van der Waals surface area contributed by atoms with Gasteiger partial charge in [0.15, 0.2) is 0 Å². The lowest BCUT2D eigenvalue weighted by molar-refractivity contribution is -0.870. The highest BCUT2D eigenvalue weighted by molar-refractivity contribution is 7.47. The molecule has 0 bridgehead atoms. The van der Waals surface area contributed by atoms with Gasteiger partial charge in [0, 0.05) is 12.8 Å². The van der Waals surface area contributed by atoms with Crippen LogP contribution in [0.15, 0.2) is 24.3 Å². The molecule has 0 saturated carbocycles. The van der Waals surface area contributed by atoms with Crippen LogP contribution in [0.4, 0.5) is 0 Å². The molecule has 2 unspecified atom stereocenters. The van der Waals surface area contributed by atoms with Gasteiger partial charge in [0.2, 0.25) is 0 Å². The smallest absolute Gasteiger partial charge is 0.472 e. The van der Waals surface area contributed by atoms with Crippen LogP contribution in [0.3, 0.4) is 0 Å². The Kier molecular flexibility index (Phi) is 19.7. The molecule has 0 radical (unpaired) electrons. The number of rotatable bonds is 26. The SMILES string of the molecule is CCCCCCCCCCCCOc1ccc(CC(COP(=O)(O)OCCCC[N+](C)(C)C)CC(=O)CC)cc1. The summed E-state index contributed by atoms with van der Waals surface area (Å²) in [5, 5.41) is 0. The molecule has 2 atom stereocenters. The molecule has 0 spiro atoms. The fourth-order valence-corrected chi connectivity index (χ4v) is 5.43. The molecule has 0 aromatic heterocycles. The average molecular weight is 585 g/mol. The molecule has 1 aromatic carbocycles. The van der Waals surface area contributed by atoms with Gasteiger partial charge in [-0.3, -0.25) is 13.8 Å². The Bertz CT molecular complexity index is 824. The third kappa shape index (κ3) is 20.6. The van der Waals surface area contributed by atoms with E-state index >= 15 is 0 Å². The number of carbonyl (C=O) groups is 1. The van der Waals surface area contributed by atoms with Crippen LogP contribution in [0.1, 0.15) is 109 Å². The summed E-state index contributed by atoms with van der Waals surface area (Å²) in [6.45, 7) is 5.94. The second-order valence-electron chi connectivity index (χ2n) is 12.2. The number of quaternary nitrogens is 1. The van der Waals surface area contributed by atoms with Crippen molar-refractivity contribution in [2.24, 2.45) is 5.92 Å². The quantitative estimate of drug-likeness (QED) is 0.0672. The lowest BCUT2D eigenvalue weighted by atomic mass is 9.94. The molecule has 0 aliphatic carbocycles. The number of hydrogen-bond acceptors (Lipinski definition) is 5. The minimum atomic E-state index is -4.16. The highest BCUT2D eigenvalue weighted by atomic mass is 31.2. The maximum Gasteiger partial charge on any atom is 0.472 e. The van der Waals surface area contributed by atoms with Crippen molar-refractivity contribution in [3.63, 3.8) is 0 Å². The minimum Gasteiger partial charge on any atom is -0.494 e. The van der Waals surface area contributed by atoms with Crippen molar-refractivity contribution >= 4 is 13.6 Å².